The molecule has 128 valence electrons. The van der Waals surface area contributed by atoms with E-state index in [1.807, 2.05) is 11.0 Å². The molecule has 1 aromatic carbocycles. The number of primary amides is 1. The average Bonchev–Trinajstić information content (AvgIpc) is 2.57. The summed E-state index contributed by atoms with van der Waals surface area (Å²) < 4.78 is 13.8. The van der Waals surface area contributed by atoms with E-state index in [4.69, 9.17) is 11.0 Å². The quantitative estimate of drug-likeness (QED) is 0.865. The fourth-order valence-corrected chi connectivity index (χ4v) is 2.80. The number of hydrogen-bond donors (Lipinski definition) is 1. The molecule has 7 heteroatoms. The number of nitrogens with zero attached hydrogens (tertiary/aromatic N) is 3. The number of likely N-dealkylation sites (tertiary alicyclic amines) is 1. The average molecular weight is 332 g/mol. The van der Waals surface area contributed by atoms with Crippen molar-refractivity contribution in [3.63, 3.8) is 0 Å². The van der Waals surface area contributed by atoms with E-state index in [2.05, 4.69) is 0 Å². The molecule has 0 aliphatic carbocycles. The van der Waals surface area contributed by atoms with Crippen molar-refractivity contribution in [1.82, 2.24) is 9.80 Å². The number of piperidine rings is 1. The Morgan fingerprint density at radius 3 is 2.67 bits per heavy atom. The van der Waals surface area contributed by atoms with Gasteiger partial charge in [0.05, 0.1) is 18.2 Å². The zero-order chi connectivity index (χ0) is 17.7. The van der Waals surface area contributed by atoms with Crippen molar-refractivity contribution in [2.45, 2.75) is 19.4 Å². The van der Waals surface area contributed by atoms with Gasteiger partial charge in [0.1, 0.15) is 5.82 Å². The zero-order valence-corrected chi connectivity index (χ0v) is 13.7. The normalized spacial score (nSPS) is 15.7. The second-order valence-corrected chi connectivity index (χ2v) is 6.12. The van der Waals surface area contributed by atoms with E-state index in [1.165, 1.54) is 23.1 Å². The highest BCUT2D eigenvalue weighted by molar-refractivity contribution is 5.78. The predicted octanol–water partition coefficient (Wildman–Crippen LogP) is 0.853. The van der Waals surface area contributed by atoms with Crippen molar-refractivity contribution in [2.24, 2.45) is 11.7 Å². The van der Waals surface area contributed by atoms with Crippen molar-refractivity contribution in [3.05, 3.63) is 35.1 Å². The van der Waals surface area contributed by atoms with Gasteiger partial charge in [-0.05, 0) is 44.1 Å². The number of nitriles is 1. The van der Waals surface area contributed by atoms with Crippen molar-refractivity contribution < 1.29 is 14.0 Å². The van der Waals surface area contributed by atoms with E-state index < -0.39 is 5.82 Å². The number of hydrogen-bond acceptors (Lipinski definition) is 4. The lowest BCUT2D eigenvalue weighted by atomic mass is 9.96. The molecule has 1 aliphatic rings. The zero-order valence-electron chi connectivity index (χ0n) is 13.7. The Labute approximate surface area is 140 Å². The van der Waals surface area contributed by atoms with Crippen LogP contribution in [0.1, 0.15) is 24.0 Å². The van der Waals surface area contributed by atoms with Gasteiger partial charge in [0.15, 0.2) is 0 Å². The van der Waals surface area contributed by atoms with Gasteiger partial charge in [0.25, 0.3) is 0 Å². The molecule has 0 atom stereocenters. The summed E-state index contributed by atoms with van der Waals surface area (Å²) in [6.07, 6.45) is 1.32. The molecule has 0 aromatic heterocycles. The van der Waals surface area contributed by atoms with Gasteiger partial charge in [-0.25, -0.2) is 4.39 Å². The van der Waals surface area contributed by atoms with Crippen LogP contribution in [-0.4, -0.2) is 48.3 Å². The minimum Gasteiger partial charge on any atom is -0.369 e. The molecule has 0 bridgehead atoms. The molecule has 2 rings (SSSR count). The SMILES string of the molecule is CN(Cc1cc(C#N)ccc1F)C(=O)CN1CCC(C(N)=O)CC1. The molecule has 0 unspecified atom stereocenters. The fourth-order valence-electron chi connectivity index (χ4n) is 2.80. The van der Waals surface area contributed by atoms with Crippen LogP contribution in [0.15, 0.2) is 18.2 Å². The number of carbonyl (C=O) groups excluding carboxylic acids is 2. The lowest BCUT2D eigenvalue weighted by Gasteiger charge is -2.31. The van der Waals surface area contributed by atoms with Gasteiger partial charge < -0.3 is 10.6 Å². The Morgan fingerprint density at radius 2 is 2.08 bits per heavy atom. The minimum absolute atomic E-state index is 0.109. The Balaban J connectivity index is 1.89. The third kappa shape index (κ3) is 4.52. The van der Waals surface area contributed by atoms with Gasteiger partial charge in [-0.3, -0.25) is 14.5 Å². The fraction of sp³-hybridized carbons (Fsp3) is 0.471. The third-order valence-electron chi connectivity index (χ3n) is 4.36. The largest absolute Gasteiger partial charge is 0.369 e. The van der Waals surface area contributed by atoms with Crippen LogP contribution in [0.5, 0.6) is 0 Å². The Hall–Kier alpha value is -2.46. The van der Waals surface area contributed by atoms with Gasteiger partial charge in [-0.2, -0.15) is 5.26 Å². The molecule has 2 N–H and O–H groups in total. The molecule has 1 aromatic rings. The molecule has 24 heavy (non-hydrogen) atoms. The predicted molar refractivity (Wildman–Crippen MR) is 85.9 cm³/mol. The molecule has 1 aliphatic heterocycles. The summed E-state index contributed by atoms with van der Waals surface area (Å²) in [5.41, 5.74) is 5.97. The minimum atomic E-state index is -0.434. The molecular weight excluding hydrogens is 311 g/mol. The highest BCUT2D eigenvalue weighted by Crippen LogP contribution is 2.17. The molecule has 0 spiro atoms. The summed E-state index contributed by atoms with van der Waals surface area (Å²) in [5, 5.41) is 8.88. The lowest BCUT2D eigenvalue weighted by molar-refractivity contribution is -0.132. The Bertz CT molecular complexity index is 663. The van der Waals surface area contributed by atoms with E-state index in [1.54, 1.807) is 7.05 Å². The number of benzene rings is 1. The van der Waals surface area contributed by atoms with E-state index in [9.17, 15) is 14.0 Å². The van der Waals surface area contributed by atoms with Crippen LogP contribution < -0.4 is 5.73 Å². The van der Waals surface area contributed by atoms with Crippen LogP contribution in [0.4, 0.5) is 4.39 Å². The maximum Gasteiger partial charge on any atom is 0.236 e. The van der Waals surface area contributed by atoms with E-state index in [-0.39, 0.29) is 30.8 Å². The maximum absolute atomic E-state index is 13.8. The van der Waals surface area contributed by atoms with Gasteiger partial charge in [-0.1, -0.05) is 0 Å². The number of halogens is 1. The summed E-state index contributed by atoms with van der Waals surface area (Å²) in [6.45, 7) is 1.62. The van der Waals surface area contributed by atoms with E-state index >= 15 is 0 Å². The first-order valence-electron chi connectivity index (χ1n) is 7.85. The highest BCUT2D eigenvalue weighted by atomic mass is 19.1. The van der Waals surface area contributed by atoms with Crippen LogP contribution >= 0.6 is 0 Å². The summed E-state index contributed by atoms with van der Waals surface area (Å²) in [6, 6.07) is 6.06. The summed E-state index contributed by atoms with van der Waals surface area (Å²) in [5.74, 6) is -0.965. The Morgan fingerprint density at radius 1 is 1.42 bits per heavy atom. The number of carbonyl (C=O) groups is 2. The second kappa shape index (κ2) is 7.88. The smallest absolute Gasteiger partial charge is 0.236 e. The van der Waals surface area contributed by atoms with E-state index in [0.29, 0.717) is 37.1 Å². The molecule has 6 nitrogen and oxygen atoms in total. The molecule has 0 saturated carbocycles. The maximum atomic E-state index is 13.8. The van der Waals surface area contributed by atoms with Gasteiger partial charge in [0.2, 0.25) is 11.8 Å². The monoisotopic (exact) mass is 332 g/mol. The summed E-state index contributed by atoms with van der Waals surface area (Å²) in [7, 11) is 1.61. The van der Waals surface area contributed by atoms with Crippen LogP contribution in [-0.2, 0) is 16.1 Å². The summed E-state index contributed by atoms with van der Waals surface area (Å²) in [4.78, 5) is 26.9. The van der Waals surface area contributed by atoms with Crippen molar-refractivity contribution in [2.75, 3.05) is 26.7 Å². The first kappa shape index (κ1) is 17.9. The van der Waals surface area contributed by atoms with Gasteiger partial charge in [-0.15, -0.1) is 0 Å². The topological polar surface area (TPSA) is 90.4 Å². The number of nitrogens with two attached hydrogens (primary N) is 1. The Kier molecular flexibility index (Phi) is 5.88. The lowest BCUT2D eigenvalue weighted by Crippen LogP contribution is -2.44. The van der Waals surface area contributed by atoms with Gasteiger partial charge in [0, 0.05) is 25.1 Å². The first-order chi connectivity index (χ1) is 11.4. The molecule has 1 saturated heterocycles. The van der Waals surface area contributed by atoms with E-state index in [0.717, 1.165) is 0 Å². The molecule has 1 fully saturated rings. The molecule has 2 amide bonds. The highest BCUT2D eigenvalue weighted by Gasteiger charge is 2.25. The standard InChI is InChI=1S/C17H21FN4O2/c1-21(10-14-8-12(9-19)2-3-15(14)18)16(23)11-22-6-4-13(5-7-22)17(20)24/h2-3,8,13H,4-7,10-11H2,1H3,(H2,20,24). The van der Waals surface area contributed by atoms with Crippen molar-refractivity contribution >= 4 is 11.8 Å². The molecule has 0 radical (unpaired) electrons. The summed E-state index contributed by atoms with van der Waals surface area (Å²) >= 11 is 0. The second-order valence-electron chi connectivity index (χ2n) is 6.12. The first-order valence-corrected chi connectivity index (χ1v) is 7.85. The number of rotatable bonds is 5. The van der Waals surface area contributed by atoms with Crippen LogP contribution in [0.3, 0.4) is 0 Å². The van der Waals surface area contributed by atoms with Crippen LogP contribution in [0.2, 0.25) is 0 Å². The van der Waals surface area contributed by atoms with Crippen LogP contribution in [0.25, 0.3) is 0 Å². The van der Waals surface area contributed by atoms with Crippen molar-refractivity contribution in [3.8, 4) is 6.07 Å². The number of likely N-dealkylation sites (N-methyl/N-ethyl adjacent to an activating group) is 1. The van der Waals surface area contributed by atoms with Crippen molar-refractivity contribution in [1.29, 1.82) is 5.26 Å². The van der Waals surface area contributed by atoms with Crippen LogP contribution in [0, 0.1) is 23.1 Å². The number of amides is 2. The molecule has 1 heterocycles. The van der Waals surface area contributed by atoms with Gasteiger partial charge >= 0.3 is 0 Å². The molecular formula is C17H21FN4O2. The third-order valence-corrected chi connectivity index (χ3v) is 4.36.